The Morgan fingerprint density at radius 2 is 1.77 bits per heavy atom. The fourth-order valence-corrected chi connectivity index (χ4v) is 2.95. The summed E-state index contributed by atoms with van der Waals surface area (Å²) < 4.78 is 37.0. The standard InChI is InChI=1S/C21H18F2N2O5/c1-2-29-20(27)17-16(11-30-19(26)14-9-8-13(22)10-15(14)23)24-21(28)25-18(17)12-6-4-3-5-7-12/h3-10,18H,2,11H2,1H3,(H2,24,25,28). The number of carbonyl (C=O) groups excluding carboxylic acids is 3. The van der Waals surface area contributed by atoms with E-state index in [1.54, 1.807) is 37.3 Å². The molecule has 1 atom stereocenters. The lowest BCUT2D eigenvalue weighted by Crippen LogP contribution is -2.47. The molecule has 9 heteroatoms. The highest BCUT2D eigenvalue weighted by atomic mass is 19.1. The van der Waals surface area contributed by atoms with E-state index in [0.29, 0.717) is 11.6 Å². The maximum absolute atomic E-state index is 13.8. The van der Waals surface area contributed by atoms with Crippen molar-refractivity contribution >= 4 is 18.0 Å². The maximum atomic E-state index is 13.8. The number of hydrogen-bond acceptors (Lipinski definition) is 5. The fraction of sp³-hybridized carbons (Fsp3) is 0.190. The van der Waals surface area contributed by atoms with E-state index in [0.717, 1.165) is 12.1 Å². The molecule has 1 heterocycles. The van der Waals surface area contributed by atoms with Gasteiger partial charge in [-0.25, -0.2) is 23.2 Å². The minimum atomic E-state index is -1.09. The molecule has 2 amide bonds. The molecule has 1 aliphatic heterocycles. The summed E-state index contributed by atoms with van der Waals surface area (Å²) in [7, 11) is 0. The van der Waals surface area contributed by atoms with Crippen LogP contribution < -0.4 is 10.6 Å². The number of carbonyl (C=O) groups is 3. The molecule has 2 N–H and O–H groups in total. The zero-order valence-corrected chi connectivity index (χ0v) is 15.9. The van der Waals surface area contributed by atoms with Gasteiger partial charge in [0.1, 0.15) is 18.2 Å². The van der Waals surface area contributed by atoms with Crippen molar-refractivity contribution in [3.05, 3.63) is 82.6 Å². The van der Waals surface area contributed by atoms with Crippen molar-refractivity contribution in [2.75, 3.05) is 13.2 Å². The number of ether oxygens (including phenoxy) is 2. The first kappa shape index (κ1) is 21.0. The topological polar surface area (TPSA) is 93.7 Å². The van der Waals surface area contributed by atoms with Gasteiger partial charge < -0.3 is 20.1 Å². The van der Waals surface area contributed by atoms with Crippen molar-refractivity contribution in [2.45, 2.75) is 13.0 Å². The third kappa shape index (κ3) is 4.62. The molecule has 0 aromatic heterocycles. The second-order valence-corrected chi connectivity index (χ2v) is 6.26. The van der Waals surface area contributed by atoms with E-state index in [2.05, 4.69) is 10.6 Å². The van der Waals surface area contributed by atoms with Crippen LogP contribution >= 0.6 is 0 Å². The predicted molar refractivity (Wildman–Crippen MR) is 101 cm³/mol. The van der Waals surface area contributed by atoms with Crippen LogP contribution in [0.2, 0.25) is 0 Å². The number of nitrogens with one attached hydrogen (secondary N) is 2. The Bertz CT molecular complexity index is 1010. The van der Waals surface area contributed by atoms with Gasteiger partial charge in [-0.15, -0.1) is 0 Å². The number of esters is 2. The Balaban J connectivity index is 1.91. The molecule has 2 aromatic rings. The number of urea groups is 1. The molecule has 0 bridgehead atoms. The van der Waals surface area contributed by atoms with Gasteiger partial charge in [0.05, 0.1) is 29.5 Å². The molecule has 7 nitrogen and oxygen atoms in total. The van der Waals surface area contributed by atoms with E-state index in [1.807, 2.05) is 0 Å². The smallest absolute Gasteiger partial charge is 0.341 e. The van der Waals surface area contributed by atoms with Crippen LogP contribution in [-0.2, 0) is 14.3 Å². The third-order valence-electron chi connectivity index (χ3n) is 4.28. The summed E-state index contributed by atoms with van der Waals surface area (Å²) in [5, 5.41) is 5.07. The normalized spacial score (nSPS) is 15.8. The second kappa shape index (κ2) is 9.17. The van der Waals surface area contributed by atoms with Crippen molar-refractivity contribution in [3.63, 3.8) is 0 Å². The number of rotatable bonds is 6. The lowest BCUT2D eigenvalue weighted by atomic mass is 9.95. The van der Waals surface area contributed by atoms with Gasteiger partial charge in [-0.3, -0.25) is 0 Å². The Labute approximate surface area is 170 Å². The molecule has 2 aromatic carbocycles. The minimum absolute atomic E-state index is 0.00178. The fourth-order valence-electron chi connectivity index (χ4n) is 2.95. The van der Waals surface area contributed by atoms with Crippen molar-refractivity contribution in [3.8, 4) is 0 Å². The Hall–Kier alpha value is -3.75. The number of benzene rings is 2. The number of hydrogen-bond donors (Lipinski definition) is 2. The molecule has 0 radical (unpaired) electrons. The molecule has 3 rings (SSSR count). The summed E-state index contributed by atoms with van der Waals surface area (Å²) in [4.78, 5) is 36.9. The van der Waals surface area contributed by atoms with Crippen molar-refractivity contribution in [2.24, 2.45) is 0 Å². The summed E-state index contributed by atoms with van der Waals surface area (Å²) in [6.07, 6.45) is 0. The van der Waals surface area contributed by atoms with Gasteiger partial charge in [-0.05, 0) is 24.6 Å². The number of halogens is 2. The van der Waals surface area contributed by atoms with E-state index in [1.165, 1.54) is 0 Å². The van der Waals surface area contributed by atoms with Crippen LogP contribution in [0.3, 0.4) is 0 Å². The lowest BCUT2D eigenvalue weighted by Gasteiger charge is -2.29. The highest BCUT2D eigenvalue weighted by molar-refractivity contribution is 5.95. The van der Waals surface area contributed by atoms with Crippen LogP contribution in [0.1, 0.15) is 28.9 Å². The summed E-state index contributed by atoms with van der Waals surface area (Å²) in [6.45, 7) is 1.19. The highest BCUT2D eigenvalue weighted by Gasteiger charge is 2.34. The van der Waals surface area contributed by atoms with E-state index in [-0.39, 0.29) is 17.9 Å². The Morgan fingerprint density at radius 3 is 2.43 bits per heavy atom. The molecule has 1 unspecified atom stereocenters. The van der Waals surface area contributed by atoms with Gasteiger partial charge in [0.25, 0.3) is 0 Å². The molecule has 30 heavy (non-hydrogen) atoms. The van der Waals surface area contributed by atoms with Crippen molar-refractivity contribution in [1.82, 2.24) is 10.6 Å². The van der Waals surface area contributed by atoms with Crippen LogP contribution in [0.5, 0.6) is 0 Å². The SMILES string of the molecule is CCOC(=O)C1=C(COC(=O)c2ccc(F)cc2F)NC(=O)NC1c1ccccc1. The molecule has 0 aliphatic carbocycles. The van der Waals surface area contributed by atoms with E-state index in [9.17, 15) is 23.2 Å². The van der Waals surface area contributed by atoms with Crippen LogP contribution in [-0.4, -0.2) is 31.2 Å². The second-order valence-electron chi connectivity index (χ2n) is 6.26. The van der Waals surface area contributed by atoms with E-state index < -0.39 is 47.8 Å². The summed E-state index contributed by atoms with van der Waals surface area (Å²) in [5.41, 5.74) is 0.190. The quantitative estimate of drug-likeness (QED) is 0.707. The summed E-state index contributed by atoms with van der Waals surface area (Å²) >= 11 is 0. The molecule has 156 valence electrons. The lowest BCUT2D eigenvalue weighted by molar-refractivity contribution is -0.139. The van der Waals surface area contributed by atoms with Crippen molar-refractivity contribution in [1.29, 1.82) is 0 Å². The molecular formula is C21H18F2N2O5. The molecule has 0 fully saturated rings. The first-order valence-electron chi connectivity index (χ1n) is 9.05. The van der Waals surface area contributed by atoms with Gasteiger partial charge >= 0.3 is 18.0 Å². The molecule has 1 aliphatic rings. The zero-order chi connectivity index (χ0) is 21.7. The number of amides is 2. The van der Waals surface area contributed by atoms with Gasteiger partial charge in [-0.1, -0.05) is 30.3 Å². The molecular weight excluding hydrogens is 398 g/mol. The van der Waals surface area contributed by atoms with Gasteiger partial charge in [0.2, 0.25) is 0 Å². The predicted octanol–water partition coefficient (Wildman–Crippen LogP) is 2.99. The zero-order valence-electron chi connectivity index (χ0n) is 15.9. The monoisotopic (exact) mass is 416 g/mol. The third-order valence-corrected chi connectivity index (χ3v) is 4.28. The van der Waals surface area contributed by atoms with Gasteiger partial charge in [0.15, 0.2) is 0 Å². The van der Waals surface area contributed by atoms with Crippen LogP contribution in [0.4, 0.5) is 13.6 Å². The Morgan fingerprint density at radius 1 is 1.03 bits per heavy atom. The first-order chi connectivity index (χ1) is 14.4. The van der Waals surface area contributed by atoms with E-state index in [4.69, 9.17) is 9.47 Å². The maximum Gasteiger partial charge on any atom is 0.341 e. The van der Waals surface area contributed by atoms with Gasteiger partial charge in [0, 0.05) is 6.07 Å². The van der Waals surface area contributed by atoms with Crippen LogP contribution in [0.25, 0.3) is 0 Å². The first-order valence-corrected chi connectivity index (χ1v) is 9.05. The molecule has 0 saturated heterocycles. The molecule has 0 spiro atoms. The van der Waals surface area contributed by atoms with Crippen molar-refractivity contribution < 1.29 is 32.6 Å². The largest absolute Gasteiger partial charge is 0.463 e. The highest BCUT2D eigenvalue weighted by Crippen LogP contribution is 2.28. The summed E-state index contributed by atoms with van der Waals surface area (Å²) in [6, 6.07) is 9.65. The Kier molecular flexibility index (Phi) is 6.41. The van der Waals surface area contributed by atoms with E-state index >= 15 is 0 Å². The molecule has 0 saturated carbocycles. The van der Waals surface area contributed by atoms with Crippen LogP contribution in [0, 0.1) is 11.6 Å². The van der Waals surface area contributed by atoms with Gasteiger partial charge in [-0.2, -0.15) is 0 Å². The van der Waals surface area contributed by atoms with Crippen LogP contribution in [0.15, 0.2) is 59.8 Å². The summed E-state index contributed by atoms with van der Waals surface area (Å²) in [5.74, 6) is -3.71. The average molecular weight is 416 g/mol. The average Bonchev–Trinajstić information content (AvgIpc) is 2.72. The minimum Gasteiger partial charge on any atom is -0.463 e.